The highest BCUT2D eigenvalue weighted by Crippen LogP contribution is 2.22. The Bertz CT molecular complexity index is 702. The minimum Gasteiger partial charge on any atom is -0.461 e. The van der Waals surface area contributed by atoms with Crippen LogP contribution < -0.4 is 5.56 Å². The van der Waals surface area contributed by atoms with Crippen LogP contribution in [-0.4, -0.2) is 21.6 Å². The third-order valence-electron chi connectivity index (χ3n) is 3.22. The van der Waals surface area contributed by atoms with Gasteiger partial charge in [0, 0.05) is 4.88 Å². The number of rotatable bonds is 5. The van der Waals surface area contributed by atoms with Crippen molar-refractivity contribution >= 4 is 27.5 Å². The van der Waals surface area contributed by atoms with E-state index in [1.807, 2.05) is 19.9 Å². The van der Waals surface area contributed by atoms with Gasteiger partial charge >= 0.3 is 5.97 Å². The van der Waals surface area contributed by atoms with Crippen molar-refractivity contribution in [2.45, 2.75) is 52.7 Å². The van der Waals surface area contributed by atoms with Crippen molar-refractivity contribution in [3.05, 3.63) is 27.6 Å². The minimum atomic E-state index is -0.623. The monoisotopic (exact) mass is 308 g/mol. The van der Waals surface area contributed by atoms with Gasteiger partial charge in [-0.2, -0.15) is 0 Å². The van der Waals surface area contributed by atoms with E-state index in [-0.39, 0.29) is 17.6 Å². The molecular weight excluding hydrogens is 288 g/mol. The summed E-state index contributed by atoms with van der Waals surface area (Å²) < 4.78 is 6.62. The summed E-state index contributed by atoms with van der Waals surface area (Å²) in [4.78, 5) is 30.9. The van der Waals surface area contributed by atoms with E-state index in [1.54, 1.807) is 13.8 Å². The number of thiophene rings is 1. The Morgan fingerprint density at radius 2 is 2.14 bits per heavy atom. The van der Waals surface area contributed by atoms with Crippen molar-refractivity contribution in [1.29, 1.82) is 0 Å². The number of ether oxygens (including phenoxy) is 1. The first-order valence-corrected chi connectivity index (χ1v) is 7.99. The van der Waals surface area contributed by atoms with Crippen molar-refractivity contribution in [2.75, 3.05) is 0 Å². The quantitative estimate of drug-likeness (QED) is 0.797. The molecule has 2 aromatic heterocycles. The second-order valence-corrected chi connectivity index (χ2v) is 6.27. The first kappa shape index (κ1) is 15.7. The van der Waals surface area contributed by atoms with Crippen molar-refractivity contribution in [3.8, 4) is 0 Å². The molecule has 0 aliphatic heterocycles. The Kier molecular flexibility index (Phi) is 4.77. The summed E-state index contributed by atoms with van der Waals surface area (Å²) >= 11 is 1.52. The average Bonchev–Trinajstić information content (AvgIpc) is 2.85. The number of nitrogens with zero attached hydrogens (tertiary/aromatic N) is 2. The molecule has 6 heteroatoms. The van der Waals surface area contributed by atoms with Crippen molar-refractivity contribution in [1.82, 2.24) is 9.55 Å². The Morgan fingerprint density at radius 3 is 2.71 bits per heavy atom. The lowest BCUT2D eigenvalue weighted by Gasteiger charge is -2.18. The van der Waals surface area contributed by atoms with Gasteiger partial charge in [0.05, 0.1) is 17.8 Å². The molecule has 1 atom stereocenters. The maximum atomic E-state index is 12.6. The summed E-state index contributed by atoms with van der Waals surface area (Å²) in [5.74, 6) is -0.387. The predicted molar refractivity (Wildman–Crippen MR) is 83.8 cm³/mol. The van der Waals surface area contributed by atoms with Crippen molar-refractivity contribution in [3.63, 3.8) is 0 Å². The molecule has 0 unspecified atom stereocenters. The molecule has 0 amide bonds. The predicted octanol–water partition coefficient (Wildman–Crippen LogP) is 2.92. The Labute approximate surface area is 127 Å². The highest BCUT2D eigenvalue weighted by molar-refractivity contribution is 7.18. The fourth-order valence-electron chi connectivity index (χ4n) is 2.17. The molecule has 5 nitrogen and oxygen atoms in total. The van der Waals surface area contributed by atoms with Gasteiger partial charge in [-0.3, -0.25) is 9.36 Å². The molecule has 0 N–H and O–H groups in total. The summed E-state index contributed by atoms with van der Waals surface area (Å²) in [6, 6.07) is 1.24. The second kappa shape index (κ2) is 6.39. The first-order chi connectivity index (χ1) is 9.97. The maximum absolute atomic E-state index is 12.6. The van der Waals surface area contributed by atoms with E-state index >= 15 is 0 Å². The van der Waals surface area contributed by atoms with Gasteiger partial charge in [-0.25, -0.2) is 9.78 Å². The summed E-state index contributed by atoms with van der Waals surface area (Å²) in [7, 11) is 0. The van der Waals surface area contributed by atoms with Gasteiger partial charge in [-0.05, 0) is 32.8 Å². The second-order valence-electron chi connectivity index (χ2n) is 5.15. The van der Waals surface area contributed by atoms with Crippen molar-refractivity contribution < 1.29 is 9.53 Å². The molecule has 2 heterocycles. The van der Waals surface area contributed by atoms with E-state index in [0.29, 0.717) is 11.8 Å². The third kappa shape index (κ3) is 3.15. The normalized spacial score (nSPS) is 12.8. The van der Waals surface area contributed by atoms with E-state index < -0.39 is 6.04 Å². The SMILES string of the molecule is CCc1cc2c(=O)n([C@@H](CC)C(=O)OC(C)C)cnc2s1. The van der Waals surface area contributed by atoms with E-state index in [1.165, 1.54) is 22.2 Å². The van der Waals surface area contributed by atoms with Crippen molar-refractivity contribution in [2.24, 2.45) is 0 Å². The average molecular weight is 308 g/mol. The smallest absolute Gasteiger partial charge is 0.329 e. The Morgan fingerprint density at radius 1 is 1.43 bits per heavy atom. The zero-order valence-electron chi connectivity index (χ0n) is 12.8. The number of hydrogen-bond acceptors (Lipinski definition) is 5. The number of hydrogen-bond donors (Lipinski definition) is 0. The van der Waals surface area contributed by atoms with Gasteiger partial charge in [-0.15, -0.1) is 11.3 Å². The molecule has 0 bridgehead atoms. The summed E-state index contributed by atoms with van der Waals surface area (Å²) in [5, 5.41) is 0.579. The van der Waals surface area contributed by atoms with Crippen LogP contribution in [-0.2, 0) is 16.0 Å². The fraction of sp³-hybridized carbons (Fsp3) is 0.533. The van der Waals surface area contributed by atoms with E-state index in [2.05, 4.69) is 4.98 Å². The summed E-state index contributed by atoms with van der Waals surface area (Å²) in [6.07, 6.45) is 2.61. The molecule has 0 fully saturated rings. The van der Waals surface area contributed by atoms with Crippen LogP contribution in [0.2, 0.25) is 0 Å². The molecule has 114 valence electrons. The Hall–Kier alpha value is -1.69. The molecule has 0 radical (unpaired) electrons. The molecule has 0 saturated carbocycles. The highest BCUT2D eigenvalue weighted by Gasteiger charge is 2.23. The van der Waals surface area contributed by atoms with Gasteiger partial charge < -0.3 is 4.74 Å². The standard InChI is InChI=1S/C15H20N2O3S/c1-5-10-7-11-13(21-10)16-8-17(14(11)18)12(6-2)15(19)20-9(3)4/h7-9,12H,5-6H2,1-4H3/t12-/m0/s1. The number of carbonyl (C=O) groups excluding carboxylic acids is 1. The number of aryl methyl sites for hydroxylation is 1. The lowest BCUT2D eigenvalue weighted by Crippen LogP contribution is -2.31. The minimum absolute atomic E-state index is 0.177. The third-order valence-corrected chi connectivity index (χ3v) is 4.41. The van der Waals surface area contributed by atoms with Gasteiger partial charge in [0.2, 0.25) is 0 Å². The van der Waals surface area contributed by atoms with Crippen LogP contribution in [0.15, 0.2) is 17.2 Å². The molecule has 2 aromatic rings. The molecule has 0 spiro atoms. The van der Waals surface area contributed by atoms with Crippen LogP contribution in [0.1, 0.15) is 45.0 Å². The zero-order chi connectivity index (χ0) is 15.6. The lowest BCUT2D eigenvalue weighted by atomic mass is 10.2. The molecule has 21 heavy (non-hydrogen) atoms. The maximum Gasteiger partial charge on any atom is 0.329 e. The summed E-state index contributed by atoms with van der Waals surface area (Å²) in [6.45, 7) is 7.48. The van der Waals surface area contributed by atoms with Crippen LogP contribution in [0.3, 0.4) is 0 Å². The van der Waals surface area contributed by atoms with Gasteiger partial charge in [-0.1, -0.05) is 13.8 Å². The molecule has 0 aliphatic rings. The van der Waals surface area contributed by atoms with Gasteiger partial charge in [0.25, 0.3) is 5.56 Å². The van der Waals surface area contributed by atoms with Crippen LogP contribution in [0.5, 0.6) is 0 Å². The van der Waals surface area contributed by atoms with E-state index in [4.69, 9.17) is 4.74 Å². The van der Waals surface area contributed by atoms with E-state index in [0.717, 1.165) is 16.1 Å². The number of carbonyl (C=O) groups is 1. The zero-order valence-corrected chi connectivity index (χ0v) is 13.6. The highest BCUT2D eigenvalue weighted by atomic mass is 32.1. The molecular formula is C15H20N2O3S. The number of aromatic nitrogens is 2. The van der Waals surface area contributed by atoms with E-state index in [9.17, 15) is 9.59 Å². The Balaban J connectivity index is 2.47. The topological polar surface area (TPSA) is 61.2 Å². The molecule has 0 aliphatic carbocycles. The number of fused-ring (bicyclic) bond motifs is 1. The molecule has 0 aromatic carbocycles. The van der Waals surface area contributed by atoms with Crippen LogP contribution >= 0.6 is 11.3 Å². The summed E-state index contributed by atoms with van der Waals surface area (Å²) in [5.41, 5.74) is -0.177. The largest absolute Gasteiger partial charge is 0.461 e. The number of esters is 1. The van der Waals surface area contributed by atoms with Crippen LogP contribution in [0.4, 0.5) is 0 Å². The van der Waals surface area contributed by atoms with Crippen LogP contribution in [0.25, 0.3) is 10.2 Å². The first-order valence-electron chi connectivity index (χ1n) is 7.17. The molecule has 2 rings (SSSR count). The lowest BCUT2D eigenvalue weighted by molar-refractivity contribution is -0.151. The van der Waals surface area contributed by atoms with Gasteiger partial charge in [0.1, 0.15) is 10.9 Å². The van der Waals surface area contributed by atoms with Crippen LogP contribution in [0, 0.1) is 0 Å². The fourth-order valence-corrected chi connectivity index (χ4v) is 3.10. The van der Waals surface area contributed by atoms with Gasteiger partial charge in [0.15, 0.2) is 0 Å². The molecule has 0 saturated heterocycles.